The summed E-state index contributed by atoms with van der Waals surface area (Å²) in [5, 5.41) is 12.2. The Morgan fingerprint density at radius 2 is 1.96 bits per heavy atom. The number of anilines is 3. The van der Waals surface area contributed by atoms with Crippen molar-refractivity contribution in [1.29, 1.82) is 5.26 Å². The van der Waals surface area contributed by atoms with Crippen LogP contribution in [0.2, 0.25) is 0 Å². The van der Waals surface area contributed by atoms with Crippen LogP contribution in [0, 0.1) is 11.3 Å². The van der Waals surface area contributed by atoms with Crippen LogP contribution in [0.15, 0.2) is 30.3 Å². The van der Waals surface area contributed by atoms with Crippen LogP contribution in [0.4, 0.5) is 17.2 Å². The lowest BCUT2D eigenvalue weighted by molar-refractivity contribution is -0.323. The van der Waals surface area contributed by atoms with Crippen molar-refractivity contribution in [2.75, 3.05) is 16.8 Å². The second kappa shape index (κ2) is 6.10. The zero-order valence-corrected chi connectivity index (χ0v) is 13.6. The van der Waals surface area contributed by atoms with Gasteiger partial charge >= 0.3 is 0 Å². The maximum atomic E-state index is 12.6. The molecule has 0 saturated carbocycles. The molecule has 0 saturated heterocycles. The van der Waals surface area contributed by atoms with Gasteiger partial charge in [0, 0.05) is 0 Å². The van der Waals surface area contributed by atoms with E-state index in [1.54, 1.807) is 18.2 Å². The Kier molecular flexibility index (Phi) is 3.96. The summed E-state index contributed by atoms with van der Waals surface area (Å²) in [6, 6.07) is 9.88. The molecule has 0 aliphatic carbocycles. The highest BCUT2D eigenvalue weighted by Crippen LogP contribution is 2.33. The first-order valence-electron chi connectivity index (χ1n) is 7.06. The molecule has 2 aromatic heterocycles. The quantitative estimate of drug-likeness (QED) is 0.553. The Morgan fingerprint density at radius 1 is 1.24 bits per heavy atom. The van der Waals surface area contributed by atoms with Crippen LogP contribution in [0.5, 0.6) is 0 Å². The number of nitrogens with zero attached hydrogens (tertiary/aromatic N) is 1. The molecule has 2 heterocycles. The number of carbonyl (C=O) groups excluding carboxylic acids is 2. The van der Waals surface area contributed by atoms with Crippen LogP contribution in [-0.2, 0) is 0 Å². The molecule has 3 rings (SSSR count). The summed E-state index contributed by atoms with van der Waals surface area (Å²) in [6.45, 7) is 0. The number of nitriles is 1. The van der Waals surface area contributed by atoms with E-state index in [1.807, 2.05) is 6.07 Å². The van der Waals surface area contributed by atoms with E-state index in [0.29, 0.717) is 10.2 Å². The van der Waals surface area contributed by atoms with Gasteiger partial charge in [0.2, 0.25) is 0 Å². The number of rotatable bonds is 3. The van der Waals surface area contributed by atoms with E-state index in [1.165, 1.54) is 12.1 Å². The van der Waals surface area contributed by atoms with Crippen molar-refractivity contribution in [3.63, 3.8) is 0 Å². The van der Waals surface area contributed by atoms with Crippen LogP contribution in [0.1, 0.15) is 25.6 Å². The Bertz CT molecular complexity index is 1070. The van der Waals surface area contributed by atoms with Gasteiger partial charge in [-0.1, -0.05) is 23.5 Å². The summed E-state index contributed by atoms with van der Waals surface area (Å²) in [7, 11) is 0. The van der Waals surface area contributed by atoms with Gasteiger partial charge in [-0.25, -0.2) is 4.98 Å². The number of nitrogen functional groups attached to an aromatic ring is 2. The van der Waals surface area contributed by atoms with E-state index >= 15 is 0 Å². The summed E-state index contributed by atoms with van der Waals surface area (Å²) >= 11 is 1.10. The summed E-state index contributed by atoms with van der Waals surface area (Å²) in [5.41, 5.74) is 18.1. The highest BCUT2D eigenvalue weighted by Gasteiger charge is 2.22. The van der Waals surface area contributed by atoms with Gasteiger partial charge in [-0.15, -0.1) is 0 Å². The molecule has 8 nitrogen and oxygen atoms in total. The number of amides is 2. The van der Waals surface area contributed by atoms with E-state index in [2.05, 4.69) is 10.3 Å². The van der Waals surface area contributed by atoms with E-state index < -0.39 is 11.8 Å². The molecule has 9 heteroatoms. The Labute approximate surface area is 145 Å². The van der Waals surface area contributed by atoms with Crippen molar-refractivity contribution in [2.45, 2.75) is 0 Å². The van der Waals surface area contributed by atoms with Crippen LogP contribution in [0.3, 0.4) is 0 Å². The second-order valence-electron chi connectivity index (χ2n) is 5.16. The lowest BCUT2D eigenvalue weighted by atomic mass is 10.1. The molecule has 25 heavy (non-hydrogen) atoms. The van der Waals surface area contributed by atoms with Crippen molar-refractivity contribution in [3.8, 4) is 6.07 Å². The van der Waals surface area contributed by atoms with Gasteiger partial charge in [0.15, 0.2) is 4.83 Å². The van der Waals surface area contributed by atoms with Crippen LogP contribution >= 0.6 is 11.3 Å². The van der Waals surface area contributed by atoms with Gasteiger partial charge in [-0.3, -0.25) is 15.3 Å². The number of fused-ring (bicyclic) bond motifs is 1. The smallest absolute Gasteiger partial charge is 0.289 e. The van der Waals surface area contributed by atoms with Gasteiger partial charge in [-0.05, 0) is 18.2 Å². The minimum atomic E-state index is -0.653. The number of H-pyrrole nitrogens is 1. The number of carbonyl (C=O) groups is 2. The minimum absolute atomic E-state index is 0.193. The molecule has 0 aliphatic rings. The molecule has 124 valence electrons. The molecule has 2 amide bonds. The van der Waals surface area contributed by atoms with Crippen molar-refractivity contribution in [1.82, 2.24) is 0 Å². The van der Waals surface area contributed by atoms with Crippen LogP contribution in [-0.4, -0.2) is 11.8 Å². The number of primary amides is 1. The number of pyridine rings is 1. The van der Waals surface area contributed by atoms with E-state index in [9.17, 15) is 9.59 Å². The highest BCUT2D eigenvalue weighted by atomic mass is 32.1. The molecule has 0 unspecified atom stereocenters. The first kappa shape index (κ1) is 16.2. The fourth-order valence-corrected chi connectivity index (χ4v) is 3.36. The summed E-state index contributed by atoms with van der Waals surface area (Å²) in [4.78, 5) is 27.7. The third-order valence-corrected chi connectivity index (χ3v) is 4.71. The summed E-state index contributed by atoms with van der Waals surface area (Å²) < 4.78 is 0. The molecule has 0 aliphatic heterocycles. The molecular weight excluding hydrogens is 340 g/mol. The first-order chi connectivity index (χ1) is 11.9. The number of para-hydroxylation sites is 1. The first-order valence-corrected chi connectivity index (χ1v) is 7.88. The van der Waals surface area contributed by atoms with Gasteiger partial charge in [0.1, 0.15) is 16.5 Å². The SMILES string of the molecule is N#Cc1cc2c(N)c(C(=O)Nc3ccccc3C(N)=O)sc2[nH+]c1N. The molecule has 8 N–H and O–H groups in total. The van der Waals surface area contributed by atoms with Crippen molar-refractivity contribution < 1.29 is 14.6 Å². The largest absolute Gasteiger partial charge is 0.397 e. The lowest BCUT2D eigenvalue weighted by Crippen LogP contribution is -2.18. The second-order valence-corrected chi connectivity index (χ2v) is 6.18. The molecule has 3 aromatic rings. The number of aromatic amines is 1. The van der Waals surface area contributed by atoms with Crippen molar-refractivity contribution >= 4 is 50.6 Å². The maximum absolute atomic E-state index is 12.6. The average Bonchev–Trinajstić information content (AvgIpc) is 2.90. The number of benzene rings is 1. The molecule has 1 aromatic carbocycles. The number of hydrogen-bond acceptors (Lipinski definition) is 6. The maximum Gasteiger partial charge on any atom is 0.289 e. The van der Waals surface area contributed by atoms with E-state index in [0.717, 1.165) is 11.3 Å². The Balaban J connectivity index is 2.03. The van der Waals surface area contributed by atoms with E-state index in [-0.39, 0.29) is 33.2 Å². The van der Waals surface area contributed by atoms with Gasteiger partial charge < -0.3 is 16.8 Å². The zero-order chi connectivity index (χ0) is 18.1. The van der Waals surface area contributed by atoms with Gasteiger partial charge in [0.05, 0.1) is 22.3 Å². The fraction of sp³-hybridized carbons (Fsp3) is 0. The van der Waals surface area contributed by atoms with Crippen molar-refractivity contribution in [2.24, 2.45) is 5.73 Å². The third kappa shape index (κ3) is 2.82. The number of thiophene rings is 1. The number of hydrogen-bond donors (Lipinski definition) is 4. The minimum Gasteiger partial charge on any atom is -0.397 e. The summed E-state index contributed by atoms with van der Waals surface area (Å²) in [6.07, 6.45) is 0. The lowest BCUT2D eigenvalue weighted by Gasteiger charge is -2.08. The normalized spacial score (nSPS) is 10.4. The molecular formula is C16H13N6O2S+. The molecule has 0 fully saturated rings. The number of nitrogens with one attached hydrogen (secondary N) is 2. The fourth-order valence-electron chi connectivity index (χ4n) is 2.35. The van der Waals surface area contributed by atoms with Crippen LogP contribution in [0.25, 0.3) is 10.2 Å². The topological polar surface area (TPSA) is 162 Å². The van der Waals surface area contributed by atoms with Gasteiger partial charge in [-0.2, -0.15) is 5.26 Å². The predicted molar refractivity (Wildman–Crippen MR) is 94.8 cm³/mol. The highest BCUT2D eigenvalue weighted by molar-refractivity contribution is 7.20. The zero-order valence-electron chi connectivity index (χ0n) is 12.8. The molecule has 0 spiro atoms. The predicted octanol–water partition coefficient (Wildman–Crippen LogP) is 1.10. The van der Waals surface area contributed by atoms with Crippen LogP contribution < -0.4 is 27.5 Å². The Morgan fingerprint density at radius 3 is 2.64 bits per heavy atom. The standard InChI is InChI=1S/C16H12N6O2S/c17-6-7-5-9-11(18)12(25-16(9)22-13(7)19)15(24)21-10-4-2-1-3-8(10)14(20)23/h1-5H,18H2,(H2,19,22)(H2,20,23)(H,21,24)/p+1. The number of nitrogens with two attached hydrogens (primary N) is 3. The molecule has 0 bridgehead atoms. The average molecular weight is 353 g/mol. The third-order valence-electron chi connectivity index (χ3n) is 3.58. The summed E-state index contributed by atoms with van der Waals surface area (Å²) in [5.74, 6) is -0.944. The van der Waals surface area contributed by atoms with Gasteiger partial charge in [0.25, 0.3) is 17.6 Å². The molecule has 0 radical (unpaired) electrons. The van der Waals surface area contributed by atoms with E-state index in [4.69, 9.17) is 22.5 Å². The monoisotopic (exact) mass is 353 g/mol. The Hall–Kier alpha value is -3.64. The van der Waals surface area contributed by atoms with Crippen molar-refractivity contribution in [3.05, 3.63) is 46.3 Å². The number of aromatic nitrogens is 1. The molecule has 0 atom stereocenters.